The van der Waals surface area contributed by atoms with E-state index in [4.69, 9.17) is 10.9 Å². The molecular weight excluding hydrogens is 250 g/mol. The van der Waals surface area contributed by atoms with E-state index in [0.717, 1.165) is 5.56 Å². The summed E-state index contributed by atoms with van der Waals surface area (Å²) in [5.74, 6) is 0.211. The molecular formula is C11H15N5OS. The summed E-state index contributed by atoms with van der Waals surface area (Å²) in [6.07, 6.45) is 0. The molecule has 0 aliphatic heterocycles. The molecule has 0 spiro atoms. The number of hydrogen-bond donors (Lipinski definition) is 4. The summed E-state index contributed by atoms with van der Waals surface area (Å²) < 4.78 is 0. The Labute approximate surface area is 111 Å². The lowest BCUT2D eigenvalue weighted by Gasteiger charge is -2.05. The summed E-state index contributed by atoms with van der Waals surface area (Å²) in [5, 5.41) is 12.9. The Morgan fingerprint density at radius 2 is 1.94 bits per heavy atom. The minimum atomic E-state index is 0.0435. The van der Waals surface area contributed by atoms with Crippen molar-refractivity contribution >= 4 is 34.6 Å². The van der Waals surface area contributed by atoms with Gasteiger partial charge in [0, 0.05) is 0 Å². The molecule has 0 saturated carbocycles. The molecule has 1 rings (SSSR count). The van der Waals surface area contributed by atoms with Gasteiger partial charge in [-0.25, -0.2) is 4.99 Å². The van der Waals surface area contributed by atoms with Crippen molar-refractivity contribution in [2.24, 2.45) is 15.8 Å². The first kappa shape index (κ1) is 14.1. The number of hydrogen-bond acceptors (Lipinski definition) is 4. The number of rotatable bonds is 3. The fourth-order valence-electron chi connectivity index (χ4n) is 1.13. The van der Waals surface area contributed by atoms with E-state index < -0.39 is 0 Å². The van der Waals surface area contributed by atoms with E-state index in [1.807, 2.05) is 36.7 Å². The van der Waals surface area contributed by atoms with E-state index in [1.54, 1.807) is 6.92 Å². The van der Waals surface area contributed by atoms with Crippen LogP contribution in [0.15, 0.2) is 34.4 Å². The fraction of sp³-hybridized carbons (Fsp3) is 0.182. The molecule has 0 fully saturated rings. The standard InChI is InChI=1S/C11H15N5OS/c1-7-3-5-9(6-4-7)13-10(16-17)8(2)14-15-11(12)18/h3-6,17H,1-2H3,(H,13,16)(H3,12,15,18)/b14-8+. The Hall–Kier alpha value is -1.99. The average Bonchev–Trinajstić information content (AvgIpc) is 2.35. The summed E-state index contributed by atoms with van der Waals surface area (Å²) in [5.41, 5.74) is 11.9. The Bertz CT molecular complexity index is 481. The minimum Gasteiger partial charge on any atom is -0.375 e. The smallest absolute Gasteiger partial charge is 0.184 e. The second-order valence-corrected chi connectivity index (χ2v) is 4.02. The molecule has 7 heteroatoms. The number of aliphatic imine (C=N–C) groups is 1. The largest absolute Gasteiger partial charge is 0.375 e. The molecule has 96 valence electrons. The van der Waals surface area contributed by atoms with Crippen LogP contribution in [-0.4, -0.2) is 21.9 Å². The van der Waals surface area contributed by atoms with Crippen LogP contribution in [0.4, 0.5) is 5.69 Å². The predicted molar refractivity (Wildman–Crippen MR) is 76.2 cm³/mol. The van der Waals surface area contributed by atoms with E-state index in [2.05, 4.69) is 27.7 Å². The zero-order valence-corrected chi connectivity index (χ0v) is 11.0. The zero-order valence-electron chi connectivity index (χ0n) is 10.1. The molecule has 0 heterocycles. The second-order valence-electron chi connectivity index (χ2n) is 3.58. The highest BCUT2D eigenvalue weighted by molar-refractivity contribution is 7.80. The number of hydrazone groups is 1. The van der Waals surface area contributed by atoms with Gasteiger partial charge in [0.15, 0.2) is 10.9 Å². The van der Waals surface area contributed by atoms with Crippen molar-refractivity contribution in [3.05, 3.63) is 29.8 Å². The fourth-order valence-corrected chi connectivity index (χ4v) is 1.17. The number of benzene rings is 1. The van der Waals surface area contributed by atoms with Crippen molar-refractivity contribution in [2.75, 3.05) is 0 Å². The molecule has 0 unspecified atom stereocenters. The summed E-state index contributed by atoms with van der Waals surface area (Å²) in [6, 6.07) is 7.52. The lowest BCUT2D eigenvalue weighted by Crippen LogP contribution is -2.31. The van der Waals surface area contributed by atoms with Crippen LogP contribution in [0.1, 0.15) is 12.5 Å². The van der Waals surface area contributed by atoms with Gasteiger partial charge in [-0.2, -0.15) is 5.10 Å². The number of nitrogens with one attached hydrogen (secondary N) is 2. The molecule has 0 aliphatic carbocycles. The quantitative estimate of drug-likeness (QED) is 0.285. The monoisotopic (exact) mass is 265 g/mol. The lowest BCUT2D eigenvalue weighted by molar-refractivity contribution is 0.236. The molecule has 0 saturated heterocycles. The molecule has 1 aromatic carbocycles. The van der Waals surface area contributed by atoms with Crippen LogP contribution in [0.25, 0.3) is 0 Å². The Kier molecular flexibility index (Phi) is 5.22. The molecule has 6 nitrogen and oxygen atoms in total. The molecule has 0 bridgehead atoms. The van der Waals surface area contributed by atoms with Crippen LogP contribution in [0, 0.1) is 6.92 Å². The van der Waals surface area contributed by atoms with Gasteiger partial charge in [0.05, 0.1) is 5.69 Å². The van der Waals surface area contributed by atoms with Crippen LogP contribution in [0.5, 0.6) is 0 Å². The zero-order chi connectivity index (χ0) is 13.5. The highest BCUT2D eigenvalue weighted by atomic mass is 32.1. The van der Waals surface area contributed by atoms with Crippen LogP contribution in [0.3, 0.4) is 0 Å². The van der Waals surface area contributed by atoms with Crippen molar-refractivity contribution in [1.29, 1.82) is 0 Å². The van der Waals surface area contributed by atoms with Gasteiger partial charge in [0.1, 0.15) is 5.71 Å². The lowest BCUT2D eigenvalue weighted by atomic mass is 10.2. The van der Waals surface area contributed by atoms with E-state index in [9.17, 15) is 0 Å². The maximum Gasteiger partial charge on any atom is 0.184 e. The van der Waals surface area contributed by atoms with Gasteiger partial charge in [-0.05, 0) is 38.2 Å². The third-order valence-corrected chi connectivity index (χ3v) is 2.15. The van der Waals surface area contributed by atoms with Crippen LogP contribution >= 0.6 is 12.2 Å². The molecule has 0 aliphatic rings. The average molecular weight is 265 g/mol. The SMILES string of the molecule is C/C(=N\NC(N)=S)C(=Nc1ccc(C)cc1)NO. The van der Waals surface area contributed by atoms with Gasteiger partial charge in [0.2, 0.25) is 0 Å². The minimum absolute atomic E-state index is 0.0435. The number of thiocarbonyl (C=S) groups is 1. The predicted octanol–water partition coefficient (Wildman–Crippen LogP) is 1.21. The molecule has 0 atom stereocenters. The van der Waals surface area contributed by atoms with Crippen LogP contribution in [0.2, 0.25) is 0 Å². The van der Waals surface area contributed by atoms with E-state index in [-0.39, 0.29) is 10.9 Å². The Morgan fingerprint density at radius 3 is 2.44 bits per heavy atom. The van der Waals surface area contributed by atoms with Crippen LogP contribution in [-0.2, 0) is 0 Å². The van der Waals surface area contributed by atoms with Gasteiger partial charge >= 0.3 is 0 Å². The number of hydroxylamine groups is 1. The second kappa shape index (κ2) is 6.67. The van der Waals surface area contributed by atoms with Gasteiger partial charge in [0.25, 0.3) is 0 Å². The maximum absolute atomic E-state index is 9.02. The maximum atomic E-state index is 9.02. The molecule has 0 aromatic heterocycles. The van der Waals surface area contributed by atoms with Crippen molar-refractivity contribution < 1.29 is 5.21 Å². The summed E-state index contributed by atoms with van der Waals surface area (Å²) in [4.78, 5) is 4.20. The van der Waals surface area contributed by atoms with Gasteiger partial charge in [-0.15, -0.1) is 0 Å². The third kappa shape index (κ3) is 4.48. The Balaban J connectivity index is 2.91. The third-order valence-electron chi connectivity index (χ3n) is 2.06. The van der Waals surface area contributed by atoms with Crippen molar-refractivity contribution in [3.8, 4) is 0 Å². The number of aryl methyl sites for hydroxylation is 1. The first-order valence-electron chi connectivity index (χ1n) is 5.18. The number of nitrogens with zero attached hydrogens (tertiary/aromatic N) is 2. The van der Waals surface area contributed by atoms with Crippen molar-refractivity contribution in [2.45, 2.75) is 13.8 Å². The molecule has 1 aromatic rings. The molecule has 5 N–H and O–H groups in total. The first-order valence-corrected chi connectivity index (χ1v) is 5.59. The van der Waals surface area contributed by atoms with E-state index in [1.165, 1.54) is 0 Å². The highest BCUT2D eigenvalue weighted by Crippen LogP contribution is 2.12. The van der Waals surface area contributed by atoms with Gasteiger partial charge < -0.3 is 5.73 Å². The molecule has 0 amide bonds. The number of nitrogens with two attached hydrogens (primary N) is 1. The summed E-state index contributed by atoms with van der Waals surface area (Å²) in [6.45, 7) is 3.64. The first-order chi connectivity index (χ1) is 8.52. The van der Waals surface area contributed by atoms with Crippen molar-refractivity contribution in [1.82, 2.24) is 10.9 Å². The molecule has 18 heavy (non-hydrogen) atoms. The number of amidine groups is 1. The Morgan fingerprint density at radius 1 is 1.33 bits per heavy atom. The molecule has 0 radical (unpaired) electrons. The highest BCUT2D eigenvalue weighted by Gasteiger charge is 2.03. The summed E-state index contributed by atoms with van der Waals surface area (Å²) >= 11 is 4.62. The van der Waals surface area contributed by atoms with Crippen molar-refractivity contribution in [3.63, 3.8) is 0 Å². The van der Waals surface area contributed by atoms with Crippen LogP contribution < -0.4 is 16.6 Å². The normalized spacial score (nSPS) is 12.2. The van der Waals surface area contributed by atoms with E-state index >= 15 is 0 Å². The van der Waals surface area contributed by atoms with Gasteiger partial charge in [-0.3, -0.25) is 16.1 Å². The summed E-state index contributed by atoms with van der Waals surface area (Å²) in [7, 11) is 0. The topological polar surface area (TPSA) is 95.0 Å². The van der Waals surface area contributed by atoms with Gasteiger partial charge in [-0.1, -0.05) is 17.7 Å². The van der Waals surface area contributed by atoms with E-state index in [0.29, 0.717) is 11.4 Å².